The van der Waals surface area contributed by atoms with Crippen molar-refractivity contribution < 1.29 is 27.4 Å². The van der Waals surface area contributed by atoms with E-state index in [2.05, 4.69) is 4.98 Å². The van der Waals surface area contributed by atoms with E-state index in [1.807, 2.05) is 49.5 Å². The number of carbonyl (C=O) groups excluding carboxylic acids is 1. The molecule has 0 fully saturated rings. The Bertz CT molecular complexity index is 1330. The highest BCUT2D eigenvalue weighted by Gasteiger charge is 2.31. The molecule has 1 aromatic heterocycles. The Kier molecular flexibility index (Phi) is 7.40. The fourth-order valence-electron chi connectivity index (χ4n) is 3.86. The fourth-order valence-corrected chi connectivity index (χ4v) is 5.14. The fraction of sp³-hybridized carbons (Fsp3) is 0.222. The lowest BCUT2D eigenvalue weighted by atomic mass is 9.99. The van der Waals surface area contributed by atoms with Crippen molar-refractivity contribution in [1.82, 2.24) is 4.98 Å². The molecular formula is C27H24F3NO3S. The number of fused-ring (bicyclic) bond motifs is 1. The topological polar surface area (TPSA) is 51.3 Å². The van der Waals surface area contributed by atoms with Gasteiger partial charge in [-0.05, 0) is 66.9 Å². The van der Waals surface area contributed by atoms with Crippen LogP contribution in [0.5, 0.6) is 5.75 Å². The number of carbonyl (C=O) groups is 1. The summed E-state index contributed by atoms with van der Waals surface area (Å²) in [4.78, 5) is 15.6. The summed E-state index contributed by atoms with van der Waals surface area (Å²) >= 11 is 1.46. The van der Waals surface area contributed by atoms with Crippen LogP contribution in [0.4, 0.5) is 13.2 Å². The van der Waals surface area contributed by atoms with Crippen molar-refractivity contribution in [2.75, 3.05) is 13.2 Å². The normalized spacial score (nSPS) is 12.5. The third-order valence-electron chi connectivity index (χ3n) is 5.48. The summed E-state index contributed by atoms with van der Waals surface area (Å²) in [6, 6.07) is 18.7. The molecule has 0 radical (unpaired) electrons. The number of H-pyrrole nitrogens is 1. The molecule has 0 amide bonds. The highest BCUT2D eigenvalue weighted by atomic mass is 32.2. The molecular weight excluding hydrogens is 475 g/mol. The number of benzene rings is 3. The molecule has 1 unspecified atom stereocenters. The second-order valence-corrected chi connectivity index (χ2v) is 9.11. The summed E-state index contributed by atoms with van der Waals surface area (Å²) in [6.07, 6.45) is -2.61. The van der Waals surface area contributed by atoms with Crippen molar-refractivity contribution in [3.63, 3.8) is 0 Å². The Balaban J connectivity index is 1.69. The molecule has 4 aromatic rings. The van der Waals surface area contributed by atoms with E-state index in [0.29, 0.717) is 11.3 Å². The second-order valence-electron chi connectivity index (χ2n) is 7.93. The van der Waals surface area contributed by atoms with Gasteiger partial charge in [0.15, 0.2) is 6.61 Å². The summed E-state index contributed by atoms with van der Waals surface area (Å²) < 4.78 is 50.9. The molecule has 0 aliphatic carbocycles. The van der Waals surface area contributed by atoms with Crippen molar-refractivity contribution in [2.45, 2.75) is 30.2 Å². The first-order valence-corrected chi connectivity index (χ1v) is 11.9. The van der Waals surface area contributed by atoms with Crippen molar-refractivity contribution in [2.24, 2.45) is 0 Å². The first-order chi connectivity index (χ1) is 16.8. The van der Waals surface area contributed by atoms with Crippen LogP contribution >= 0.6 is 11.8 Å². The first-order valence-electron chi connectivity index (χ1n) is 11.0. The zero-order valence-electron chi connectivity index (χ0n) is 19.2. The molecule has 1 heterocycles. The van der Waals surface area contributed by atoms with Gasteiger partial charge in [0.05, 0.1) is 17.4 Å². The lowest BCUT2D eigenvalue weighted by Crippen LogP contribution is -2.14. The average Bonchev–Trinajstić information content (AvgIpc) is 3.31. The van der Waals surface area contributed by atoms with Crippen LogP contribution in [0.15, 0.2) is 77.8 Å². The van der Waals surface area contributed by atoms with Crippen LogP contribution in [0, 0.1) is 6.92 Å². The van der Waals surface area contributed by atoms with E-state index < -0.39 is 17.7 Å². The number of thioether (sulfide) groups is 1. The lowest BCUT2D eigenvalue weighted by molar-refractivity contribution is -0.145. The number of aryl methyl sites for hydroxylation is 1. The van der Waals surface area contributed by atoms with Crippen LogP contribution in [0.2, 0.25) is 0 Å². The monoisotopic (exact) mass is 499 g/mol. The van der Waals surface area contributed by atoms with Gasteiger partial charge in [-0.25, -0.2) is 4.79 Å². The predicted octanol–water partition coefficient (Wildman–Crippen LogP) is 7.32. The molecule has 1 N–H and O–H groups in total. The maximum absolute atomic E-state index is 13.5. The van der Waals surface area contributed by atoms with Gasteiger partial charge in [-0.15, -0.1) is 11.8 Å². The number of rotatable bonds is 8. The largest absolute Gasteiger partial charge is 0.482 e. The summed E-state index contributed by atoms with van der Waals surface area (Å²) in [5.41, 5.74) is 2.51. The van der Waals surface area contributed by atoms with Crippen LogP contribution in [-0.4, -0.2) is 24.2 Å². The molecule has 0 aliphatic rings. The smallest absolute Gasteiger partial charge is 0.416 e. The van der Waals surface area contributed by atoms with Crippen LogP contribution in [-0.2, 0) is 15.7 Å². The summed E-state index contributed by atoms with van der Waals surface area (Å²) in [6.45, 7) is 3.67. The van der Waals surface area contributed by atoms with E-state index >= 15 is 0 Å². The van der Waals surface area contributed by atoms with Crippen molar-refractivity contribution >= 4 is 28.6 Å². The van der Waals surface area contributed by atoms with E-state index in [1.165, 1.54) is 23.9 Å². The number of aromatic nitrogens is 1. The Morgan fingerprint density at radius 1 is 1.06 bits per heavy atom. The minimum Gasteiger partial charge on any atom is -0.482 e. The molecule has 8 heteroatoms. The molecule has 0 bridgehead atoms. The number of esters is 1. The third kappa shape index (κ3) is 5.82. The van der Waals surface area contributed by atoms with Gasteiger partial charge in [0, 0.05) is 22.0 Å². The molecule has 3 aromatic carbocycles. The number of aromatic amines is 1. The van der Waals surface area contributed by atoms with E-state index in [1.54, 1.807) is 19.1 Å². The molecule has 1 atom stereocenters. The molecule has 0 saturated carbocycles. The molecule has 0 spiro atoms. The Morgan fingerprint density at radius 2 is 1.86 bits per heavy atom. The predicted molar refractivity (Wildman–Crippen MR) is 131 cm³/mol. The van der Waals surface area contributed by atoms with E-state index in [-0.39, 0.29) is 18.5 Å². The van der Waals surface area contributed by atoms with Gasteiger partial charge in [-0.1, -0.05) is 30.3 Å². The van der Waals surface area contributed by atoms with Crippen LogP contribution in [0.1, 0.15) is 34.4 Å². The standard InChI is InChI=1S/C27H24F3NO3S/c1-3-33-25(32)16-34-24-11-10-20(14-17(24)2)35-26(18-6-4-7-19(15-18)27(28,29)30)22-8-5-9-23-21(22)12-13-31-23/h4-15,26,31H,3,16H2,1-2H3. The number of alkyl halides is 3. The minimum atomic E-state index is -4.43. The average molecular weight is 500 g/mol. The highest BCUT2D eigenvalue weighted by molar-refractivity contribution is 7.99. The second kappa shape index (κ2) is 10.5. The van der Waals surface area contributed by atoms with Crippen molar-refractivity contribution in [3.8, 4) is 5.75 Å². The van der Waals surface area contributed by atoms with E-state index in [0.717, 1.165) is 33.0 Å². The molecule has 182 valence electrons. The maximum atomic E-state index is 13.5. The minimum absolute atomic E-state index is 0.191. The Hall–Kier alpha value is -3.39. The quantitative estimate of drug-likeness (QED) is 0.204. The molecule has 4 nitrogen and oxygen atoms in total. The summed E-state index contributed by atoms with van der Waals surface area (Å²) in [7, 11) is 0. The number of hydrogen-bond acceptors (Lipinski definition) is 4. The zero-order valence-corrected chi connectivity index (χ0v) is 20.0. The SMILES string of the molecule is CCOC(=O)COc1ccc(SC(c2cccc(C(F)(F)F)c2)c2cccc3[nH]ccc23)cc1C. The van der Waals surface area contributed by atoms with Crippen LogP contribution < -0.4 is 4.74 Å². The molecule has 0 aliphatic heterocycles. The molecule has 0 saturated heterocycles. The highest BCUT2D eigenvalue weighted by Crippen LogP contribution is 2.45. The molecule has 35 heavy (non-hydrogen) atoms. The molecule has 4 rings (SSSR count). The number of nitrogens with one attached hydrogen (secondary N) is 1. The lowest BCUT2D eigenvalue weighted by Gasteiger charge is -2.21. The van der Waals surface area contributed by atoms with Crippen molar-refractivity contribution in [3.05, 3.63) is 95.2 Å². The van der Waals surface area contributed by atoms with Gasteiger partial charge in [-0.2, -0.15) is 13.2 Å². The zero-order chi connectivity index (χ0) is 25.0. The van der Waals surface area contributed by atoms with Gasteiger partial charge in [0.25, 0.3) is 0 Å². The summed E-state index contributed by atoms with van der Waals surface area (Å²) in [5, 5.41) is 0.566. The van der Waals surface area contributed by atoms with Gasteiger partial charge in [0.2, 0.25) is 0 Å². The first kappa shape index (κ1) is 24.7. The number of hydrogen-bond donors (Lipinski definition) is 1. The van der Waals surface area contributed by atoms with Gasteiger partial charge >= 0.3 is 12.1 Å². The summed E-state index contributed by atoms with van der Waals surface area (Å²) in [5.74, 6) is 0.0975. The Morgan fingerprint density at radius 3 is 2.60 bits per heavy atom. The Labute approximate surface area is 205 Å². The van der Waals surface area contributed by atoms with Crippen molar-refractivity contribution in [1.29, 1.82) is 0 Å². The van der Waals surface area contributed by atoms with E-state index in [4.69, 9.17) is 9.47 Å². The van der Waals surface area contributed by atoms with Gasteiger partial charge in [-0.3, -0.25) is 0 Å². The number of halogens is 3. The third-order valence-corrected chi connectivity index (χ3v) is 6.77. The van der Waals surface area contributed by atoms with Crippen LogP contribution in [0.25, 0.3) is 10.9 Å². The van der Waals surface area contributed by atoms with Gasteiger partial charge < -0.3 is 14.5 Å². The maximum Gasteiger partial charge on any atom is 0.416 e. The van der Waals surface area contributed by atoms with E-state index in [9.17, 15) is 18.0 Å². The van der Waals surface area contributed by atoms with Gasteiger partial charge in [0.1, 0.15) is 5.75 Å². The van der Waals surface area contributed by atoms with Crippen LogP contribution in [0.3, 0.4) is 0 Å². The number of ether oxygens (including phenoxy) is 2.